The molecule has 0 amide bonds. The first-order valence-electron chi connectivity index (χ1n) is 7.14. The molecule has 0 atom stereocenters. The van der Waals surface area contributed by atoms with E-state index in [4.69, 9.17) is 11.6 Å². The van der Waals surface area contributed by atoms with Crippen molar-refractivity contribution in [2.45, 2.75) is 59.4 Å². The zero-order valence-electron chi connectivity index (χ0n) is 12.0. The third-order valence-electron chi connectivity index (χ3n) is 4.43. The fourth-order valence-electron chi connectivity index (χ4n) is 3.00. The van der Waals surface area contributed by atoms with E-state index in [1.807, 2.05) is 11.6 Å². The Kier molecular flexibility index (Phi) is 4.20. The third kappa shape index (κ3) is 2.79. The van der Waals surface area contributed by atoms with Gasteiger partial charge in [0.2, 0.25) is 0 Å². The molecule has 1 heterocycles. The highest BCUT2D eigenvalue weighted by Crippen LogP contribution is 2.42. The second-order valence-electron chi connectivity index (χ2n) is 5.91. The quantitative estimate of drug-likeness (QED) is 0.835. The fraction of sp³-hybridized carbons (Fsp3) is 0.733. The van der Waals surface area contributed by atoms with Gasteiger partial charge in [0.1, 0.15) is 0 Å². The minimum Gasteiger partial charge on any atom is -0.268 e. The molecule has 2 rings (SSSR count). The van der Waals surface area contributed by atoms with E-state index in [0.29, 0.717) is 0 Å². The first-order chi connectivity index (χ1) is 9.01. The van der Waals surface area contributed by atoms with Crippen LogP contribution in [0.3, 0.4) is 0 Å². The zero-order valence-corrected chi connectivity index (χ0v) is 12.8. The van der Waals surface area contributed by atoms with Crippen LogP contribution in [0.5, 0.6) is 0 Å². The Morgan fingerprint density at radius 1 is 1.47 bits per heavy atom. The van der Waals surface area contributed by atoms with E-state index in [1.54, 1.807) is 0 Å². The van der Waals surface area contributed by atoms with Crippen LogP contribution in [0.15, 0.2) is 0 Å². The van der Waals surface area contributed by atoms with Gasteiger partial charge in [0, 0.05) is 13.0 Å². The molecule has 1 aliphatic rings. The zero-order chi connectivity index (χ0) is 14.0. The lowest BCUT2D eigenvalue weighted by molar-refractivity contribution is 0.215. The summed E-state index contributed by atoms with van der Waals surface area (Å²) < 4.78 is 1.95. The van der Waals surface area contributed by atoms with E-state index < -0.39 is 0 Å². The highest BCUT2D eigenvalue weighted by molar-refractivity contribution is 6.31. The number of rotatable bonds is 3. The van der Waals surface area contributed by atoms with E-state index in [9.17, 15) is 5.26 Å². The maximum absolute atomic E-state index is 9.63. The molecule has 0 aromatic carbocycles. The molecule has 1 fully saturated rings. The highest BCUT2D eigenvalue weighted by Gasteiger charge is 2.36. The molecule has 0 bridgehead atoms. The molecule has 1 aromatic rings. The second-order valence-corrected chi connectivity index (χ2v) is 6.29. The molecule has 0 saturated heterocycles. The van der Waals surface area contributed by atoms with Crippen molar-refractivity contribution in [3.05, 3.63) is 16.4 Å². The van der Waals surface area contributed by atoms with Crippen molar-refractivity contribution in [3.63, 3.8) is 0 Å². The van der Waals surface area contributed by atoms with E-state index in [-0.39, 0.29) is 5.41 Å². The predicted molar refractivity (Wildman–Crippen MR) is 77.0 cm³/mol. The summed E-state index contributed by atoms with van der Waals surface area (Å²) in [6.07, 6.45) is 4.99. The van der Waals surface area contributed by atoms with Crippen molar-refractivity contribution >= 4 is 11.6 Å². The van der Waals surface area contributed by atoms with Crippen LogP contribution in [0.1, 0.15) is 50.9 Å². The summed E-state index contributed by atoms with van der Waals surface area (Å²) in [5, 5.41) is 14.8. The van der Waals surface area contributed by atoms with Gasteiger partial charge in [-0.3, -0.25) is 4.68 Å². The summed E-state index contributed by atoms with van der Waals surface area (Å²) in [4.78, 5) is 0. The number of hydrogen-bond donors (Lipinski definition) is 0. The number of nitriles is 1. The number of hydrogen-bond acceptors (Lipinski definition) is 2. The molecule has 1 saturated carbocycles. The number of aryl methyl sites for hydroxylation is 2. The second kappa shape index (κ2) is 5.54. The van der Waals surface area contributed by atoms with Crippen LogP contribution in [0, 0.1) is 29.6 Å². The summed E-state index contributed by atoms with van der Waals surface area (Å²) in [7, 11) is 0. The maximum atomic E-state index is 9.63. The van der Waals surface area contributed by atoms with Gasteiger partial charge in [-0.05, 0) is 45.4 Å². The van der Waals surface area contributed by atoms with Crippen LogP contribution in [0.2, 0.25) is 5.02 Å². The molecule has 0 unspecified atom stereocenters. The van der Waals surface area contributed by atoms with Crippen LogP contribution in [-0.4, -0.2) is 9.78 Å². The van der Waals surface area contributed by atoms with E-state index in [1.165, 1.54) is 0 Å². The van der Waals surface area contributed by atoms with Gasteiger partial charge in [-0.1, -0.05) is 18.5 Å². The SMILES string of the molecule is CCn1nc(C)c(Cl)c1CC1(C#N)CCC(C)CC1. The van der Waals surface area contributed by atoms with E-state index in [0.717, 1.165) is 61.0 Å². The van der Waals surface area contributed by atoms with Crippen LogP contribution in [0.4, 0.5) is 0 Å². The summed E-state index contributed by atoms with van der Waals surface area (Å²) in [6.45, 7) is 7.07. The molecule has 3 nitrogen and oxygen atoms in total. The molecular weight excluding hydrogens is 258 g/mol. The maximum Gasteiger partial charge on any atom is 0.0847 e. The molecule has 0 spiro atoms. The predicted octanol–water partition coefficient (Wildman–Crippen LogP) is 4.13. The van der Waals surface area contributed by atoms with Crippen molar-refractivity contribution in [2.75, 3.05) is 0 Å². The smallest absolute Gasteiger partial charge is 0.0847 e. The fourth-order valence-corrected chi connectivity index (χ4v) is 3.20. The van der Waals surface area contributed by atoms with Gasteiger partial charge in [0.15, 0.2) is 0 Å². The Morgan fingerprint density at radius 3 is 2.63 bits per heavy atom. The van der Waals surface area contributed by atoms with Crippen molar-refractivity contribution in [2.24, 2.45) is 11.3 Å². The summed E-state index contributed by atoms with van der Waals surface area (Å²) in [6, 6.07) is 2.57. The summed E-state index contributed by atoms with van der Waals surface area (Å²) in [5.74, 6) is 0.745. The Balaban J connectivity index is 2.26. The summed E-state index contributed by atoms with van der Waals surface area (Å²) >= 11 is 6.37. The van der Waals surface area contributed by atoms with Crippen molar-refractivity contribution in [1.29, 1.82) is 5.26 Å². The third-order valence-corrected chi connectivity index (χ3v) is 4.92. The number of halogens is 1. The van der Waals surface area contributed by atoms with Gasteiger partial charge in [0.25, 0.3) is 0 Å². The van der Waals surface area contributed by atoms with Crippen molar-refractivity contribution < 1.29 is 0 Å². The molecule has 1 aromatic heterocycles. The van der Waals surface area contributed by atoms with Gasteiger partial charge >= 0.3 is 0 Å². The molecule has 4 heteroatoms. The van der Waals surface area contributed by atoms with Crippen LogP contribution >= 0.6 is 11.6 Å². The van der Waals surface area contributed by atoms with Gasteiger partial charge < -0.3 is 0 Å². The Hall–Kier alpha value is -1.01. The molecule has 1 aliphatic carbocycles. The van der Waals surface area contributed by atoms with Gasteiger partial charge in [0.05, 0.1) is 27.9 Å². The minimum absolute atomic E-state index is 0.241. The number of nitrogens with zero attached hydrogens (tertiary/aromatic N) is 3. The van der Waals surface area contributed by atoms with Crippen molar-refractivity contribution in [3.8, 4) is 6.07 Å². The summed E-state index contributed by atoms with van der Waals surface area (Å²) in [5.41, 5.74) is 1.67. The lowest BCUT2D eigenvalue weighted by Crippen LogP contribution is -2.28. The Labute approximate surface area is 120 Å². The van der Waals surface area contributed by atoms with Crippen LogP contribution in [0.25, 0.3) is 0 Å². The Morgan fingerprint density at radius 2 is 2.11 bits per heavy atom. The molecule has 0 aliphatic heterocycles. The standard InChI is InChI=1S/C15H22ClN3/c1-4-19-13(14(16)12(3)18-19)9-15(10-17)7-5-11(2)6-8-15/h11H,4-9H2,1-3H3. The van der Waals surface area contributed by atoms with Gasteiger partial charge in [-0.25, -0.2) is 0 Å². The molecule has 0 radical (unpaired) electrons. The normalized spacial score (nSPS) is 27.2. The first kappa shape index (κ1) is 14.4. The highest BCUT2D eigenvalue weighted by atomic mass is 35.5. The lowest BCUT2D eigenvalue weighted by atomic mass is 9.69. The molecule has 104 valence electrons. The van der Waals surface area contributed by atoms with E-state index in [2.05, 4.69) is 25.0 Å². The van der Waals surface area contributed by atoms with Gasteiger partial charge in [-0.15, -0.1) is 0 Å². The lowest BCUT2D eigenvalue weighted by Gasteiger charge is -2.33. The molecule has 0 N–H and O–H groups in total. The minimum atomic E-state index is -0.241. The average Bonchev–Trinajstić information content (AvgIpc) is 2.69. The van der Waals surface area contributed by atoms with Crippen molar-refractivity contribution in [1.82, 2.24) is 9.78 Å². The molecule has 19 heavy (non-hydrogen) atoms. The topological polar surface area (TPSA) is 41.6 Å². The number of aromatic nitrogens is 2. The van der Waals surface area contributed by atoms with Crippen LogP contribution in [-0.2, 0) is 13.0 Å². The largest absolute Gasteiger partial charge is 0.268 e. The monoisotopic (exact) mass is 279 g/mol. The average molecular weight is 280 g/mol. The Bertz CT molecular complexity index is 490. The van der Waals surface area contributed by atoms with E-state index >= 15 is 0 Å². The van der Waals surface area contributed by atoms with Crippen LogP contribution < -0.4 is 0 Å². The molecular formula is C15H22ClN3. The first-order valence-corrected chi connectivity index (χ1v) is 7.52. The van der Waals surface area contributed by atoms with Gasteiger partial charge in [-0.2, -0.15) is 10.4 Å².